The molecule has 0 saturated heterocycles. The van der Waals surface area contributed by atoms with Crippen molar-refractivity contribution in [2.24, 2.45) is 11.3 Å². The summed E-state index contributed by atoms with van der Waals surface area (Å²) in [6, 6.07) is 0. The van der Waals surface area contributed by atoms with Gasteiger partial charge in [0.1, 0.15) is 0 Å². The van der Waals surface area contributed by atoms with E-state index in [2.05, 4.69) is 26.8 Å². The van der Waals surface area contributed by atoms with Gasteiger partial charge in [-0.25, -0.2) is 0 Å². The number of hydrogen-bond donors (Lipinski definition) is 0. The van der Waals surface area contributed by atoms with Crippen LogP contribution < -0.4 is 0 Å². The quantitative estimate of drug-likeness (QED) is 0.443. The van der Waals surface area contributed by atoms with Crippen LogP contribution in [0.15, 0.2) is 11.6 Å². The van der Waals surface area contributed by atoms with Crippen molar-refractivity contribution in [3.63, 3.8) is 0 Å². The lowest BCUT2D eigenvalue weighted by molar-refractivity contribution is -0.148. The minimum atomic E-state index is -0.0897. The molecule has 0 spiro atoms. The van der Waals surface area contributed by atoms with Crippen LogP contribution in [0.3, 0.4) is 0 Å². The minimum absolute atomic E-state index is 0.0162. The summed E-state index contributed by atoms with van der Waals surface area (Å²) in [6.07, 6.45) is 2.95. The maximum atomic E-state index is 11.3. The van der Waals surface area contributed by atoms with Crippen LogP contribution in [0.4, 0.5) is 0 Å². The van der Waals surface area contributed by atoms with E-state index in [1.165, 1.54) is 12.7 Å². The average molecular weight is 168 g/mol. The SMILES string of the molecule is COC(=O)C1CC=C(C)C1(C)C. The molecule has 2 nitrogen and oxygen atoms in total. The summed E-state index contributed by atoms with van der Waals surface area (Å²) >= 11 is 0. The Hall–Kier alpha value is -0.790. The smallest absolute Gasteiger partial charge is 0.309 e. The summed E-state index contributed by atoms with van der Waals surface area (Å²) in [7, 11) is 1.45. The molecule has 0 aromatic heterocycles. The first-order chi connectivity index (χ1) is 5.50. The minimum Gasteiger partial charge on any atom is -0.469 e. The van der Waals surface area contributed by atoms with Crippen LogP contribution in [0, 0.1) is 11.3 Å². The number of hydrogen-bond acceptors (Lipinski definition) is 2. The highest BCUT2D eigenvalue weighted by molar-refractivity contribution is 5.75. The van der Waals surface area contributed by atoms with Gasteiger partial charge >= 0.3 is 5.97 Å². The van der Waals surface area contributed by atoms with E-state index >= 15 is 0 Å². The van der Waals surface area contributed by atoms with E-state index in [0.717, 1.165) is 6.42 Å². The molecule has 0 heterocycles. The third-order valence-corrected chi connectivity index (χ3v) is 3.03. The number of carbonyl (C=O) groups excluding carboxylic acids is 1. The molecule has 2 heteroatoms. The van der Waals surface area contributed by atoms with E-state index in [0.29, 0.717) is 0 Å². The molecule has 1 aliphatic rings. The Balaban J connectivity index is 2.80. The lowest BCUT2D eigenvalue weighted by atomic mass is 9.78. The lowest BCUT2D eigenvalue weighted by Crippen LogP contribution is -2.28. The molecule has 0 aliphatic heterocycles. The zero-order valence-corrected chi connectivity index (χ0v) is 8.18. The summed E-state index contributed by atoms with van der Waals surface area (Å²) in [4.78, 5) is 11.3. The summed E-state index contributed by atoms with van der Waals surface area (Å²) < 4.78 is 4.75. The monoisotopic (exact) mass is 168 g/mol. The first kappa shape index (κ1) is 9.30. The van der Waals surface area contributed by atoms with Gasteiger partial charge in [-0.3, -0.25) is 4.79 Å². The summed E-state index contributed by atoms with van der Waals surface area (Å²) in [5.41, 5.74) is 1.27. The molecule has 0 amide bonds. The number of methoxy groups -OCH3 is 1. The number of ether oxygens (including phenoxy) is 1. The fourth-order valence-corrected chi connectivity index (χ4v) is 1.66. The van der Waals surface area contributed by atoms with Crippen molar-refractivity contribution in [3.8, 4) is 0 Å². The highest BCUT2D eigenvalue weighted by Gasteiger charge is 2.40. The van der Waals surface area contributed by atoms with Crippen LogP contribution >= 0.6 is 0 Å². The summed E-state index contributed by atoms with van der Waals surface area (Å²) in [5.74, 6) is -0.0735. The van der Waals surface area contributed by atoms with E-state index in [9.17, 15) is 4.79 Å². The molecule has 0 aromatic rings. The lowest BCUT2D eigenvalue weighted by Gasteiger charge is -2.27. The molecule has 0 saturated carbocycles. The zero-order chi connectivity index (χ0) is 9.35. The van der Waals surface area contributed by atoms with E-state index in [4.69, 9.17) is 4.74 Å². The van der Waals surface area contributed by atoms with Gasteiger partial charge in [-0.05, 0) is 18.8 Å². The first-order valence-electron chi connectivity index (χ1n) is 4.25. The molecule has 68 valence electrons. The van der Waals surface area contributed by atoms with Gasteiger partial charge in [-0.15, -0.1) is 0 Å². The van der Waals surface area contributed by atoms with Gasteiger partial charge in [-0.1, -0.05) is 25.5 Å². The molecular weight excluding hydrogens is 152 g/mol. The molecular formula is C10H16O2. The second-order valence-electron chi connectivity index (χ2n) is 3.92. The Morgan fingerprint density at radius 2 is 2.25 bits per heavy atom. The van der Waals surface area contributed by atoms with Crippen LogP contribution in [0.2, 0.25) is 0 Å². The summed E-state index contributed by atoms with van der Waals surface area (Å²) in [5, 5.41) is 0. The Morgan fingerprint density at radius 1 is 1.67 bits per heavy atom. The Bertz CT molecular complexity index is 226. The van der Waals surface area contributed by atoms with E-state index in [-0.39, 0.29) is 17.3 Å². The van der Waals surface area contributed by atoms with Crippen molar-refractivity contribution in [3.05, 3.63) is 11.6 Å². The molecule has 0 fully saturated rings. The molecule has 1 aliphatic carbocycles. The third-order valence-electron chi connectivity index (χ3n) is 3.03. The Kier molecular flexibility index (Phi) is 2.27. The number of esters is 1. The van der Waals surface area contributed by atoms with Crippen molar-refractivity contribution in [1.82, 2.24) is 0 Å². The standard InChI is InChI=1S/C10H16O2/c1-7-5-6-8(9(11)12-4)10(7,2)3/h5,8H,6H2,1-4H3. The zero-order valence-electron chi connectivity index (χ0n) is 8.18. The van der Waals surface area contributed by atoms with Crippen LogP contribution in [-0.2, 0) is 9.53 Å². The topological polar surface area (TPSA) is 26.3 Å². The Labute approximate surface area is 73.6 Å². The van der Waals surface area contributed by atoms with Gasteiger partial charge < -0.3 is 4.74 Å². The maximum absolute atomic E-state index is 11.3. The summed E-state index contributed by atoms with van der Waals surface area (Å²) in [6.45, 7) is 6.25. The number of rotatable bonds is 1. The second-order valence-corrected chi connectivity index (χ2v) is 3.92. The average Bonchev–Trinajstić information content (AvgIpc) is 2.27. The number of carbonyl (C=O) groups is 1. The maximum Gasteiger partial charge on any atom is 0.309 e. The van der Waals surface area contributed by atoms with Crippen LogP contribution in [-0.4, -0.2) is 13.1 Å². The van der Waals surface area contributed by atoms with Gasteiger partial charge in [0.05, 0.1) is 13.0 Å². The number of allylic oxidation sites excluding steroid dienone is 2. The van der Waals surface area contributed by atoms with Gasteiger partial charge in [0, 0.05) is 0 Å². The van der Waals surface area contributed by atoms with Gasteiger partial charge in [-0.2, -0.15) is 0 Å². The van der Waals surface area contributed by atoms with Crippen molar-refractivity contribution in [1.29, 1.82) is 0 Å². The molecule has 12 heavy (non-hydrogen) atoms. The van der Waals surface area contributed by atoms with Crippen molar-refractivity contribution < 1.29 is 9.53 Å². The molecule has 1 unspecified atom stereocenters. The van der Waals surface area contributed by atoms with Gasteiger partial charge in [0.15, 0.2) is 0 Å². The Morgan fingerprint density at radius 3 is 2.58 bits per heavy atom. The van der Waals surface area contributed by atoms with Gasteiger partial charge in [0.2, 0.25) is 0 Å². The first-order valence-corrected chi connectivity index (χ1v) is 4.25. The highest BCUT2D eigenvalue weighted by Crippen LogP contribution is 2.43. The predicted molar refractivity (Wildman–Crippen MR) is 47.7 cm³/mol. The molecule has 0 radical (unpaired) electrons. The second kappa shape index (κ2) is 2.92. The molecule has 0 aromatic carbocycles. The van der Waals surface area contributed by atoms with Crippen LogP contribution in [0.5, 0.6) is 0 Å². The predicted octanol–water partition coefficient (Wildman–Crippen LogP) is 2.15. The van der Waals surface area contributed by atoms with E-state index in [1.54, 1.807) is 0 Å². The van der Waals surface area contributed by atoms with Crippen molar-refractivity contribution in [2.45, 2.75) is 27.2 Å². The molecule has 0 bridgehead atoms. The fourth-order valence-electron chi connectivity index (χ4n) is 1.66. The van der Waals surface area contributed by atoms with E-state index < -0.39 is 0 Å². The molecule has 0 N–H and O–H groups in total. The van der Waals surface area contributed by atoms with Crippen molar-refractivity contribution in [2.75, 3.05) is 7.11 Å². The largest absolute Gasteiger partial charge is 0.469 e. The van der Waals surface area contributed by atoms with Crippen LogP contribution in [0.25, 0.3) is 0 Å². The third kappa shape index (κ3) is 1.26. The fraction of sp³-hybridized carbons (Fsp3) is 0.700. The molecule has 1 atom stereocenters. The van der Waals surface area contributed by atoms with Gasteiger partial charge in [0.25, 0.3) is 0 Å². The molecule has 1 rings (SSSR count). The van der Waals surface area contributed by atoms with Crippen LogP contribution in [0.1, 0.15) is 27.2 Å². The normalized spacial score (nSPS) is 26.7. The highest BCUT2D eigenvalue weighted by atomic mass is 16.5. The van der Waals surface area contributed by atoms with Crippen molar-refractivity contribution >= 4 is 5.97 Å². The van der Waals surface area contributed by atoms with E-state index in [1.807, 2.05) is 0 Å².